The van der Waals surface area contributed by atoms with Crippen LogP contribution in [0.5, 0.6) is 5.75 Å². The Kier molecular flexibility index (Phi) is 3.89. The third-order valence-corrected chi connectivity index (χ3v) is 5.36. The Labute approximate surface area is 170 Å². The summed E-state index contributed by atoms with van der Waals surface area (Å²) in [5.41, 5.74) is 2.47. The van der Waals surface area contributed by atoms with Crippen LogP contribution in [-0.4, -0.2) is 30.2 Å². The van der Waals surface area contributed by atoms with Gasteiger partial charge in [0.2, 0.25) is 5.78 Å². The van der Waals surface area contributed by atoms with Gasteiger partial charge in [-0.15, -0.1) is 0 Å². The van der Waals surface area contributed by atoms with Crippen molar-refractivity contribution in [3.8, 4) is 22.7 Å². The molecule has 8 heteroatoms. The Hall–Kier alpha value is -4.07. The van der Waals surface area contributed by atoms with Crippen LogP contribution in [-0.2, 0) is 14.1 Å². The van der Waals surface area contributed by atoms with E-state index in [1.807, 2.05) is 65.4 Å². The highest BCUT2D eigenvalue weighted by atomic mass is 16.5. The third-order valence-electron chi connectivity index (χ3n) is 5.36. The van der Waals surface area contributed by atoms with Crippen molar-refractivity contribution in [1.29, 1.82) is 0 Å². The number of aryl methyl sites for hydroxylation is 1. The molecule has 150 valence electrons. The first-order valence-electron chi connectivity index (χ1n) is 9.41. The summed E-state index contributed by atoms with van der Waals surface area (Å²) in [6, 6.07) is 17.5. The molecule has 0 fully saturated rings. The predicted octanol–water partition coefficient (Wildman–Crippen LogP) is 2.35. The minimum absolute atomic E-state index is 0.335. The van der Waals surface area contributed by atoms with Gasteiger partial charge in [0.25, 0.3) is 5.56 Å². The topological polar surface area (TPSA) is 75.5 Å². The quantitative estimate of drug-likeness (QED) is 0.465. The van der Waals surface area contributed by atoms with Crippen LogP contribution >= 0.6 is 0 Å². The molecule has 0 aliphatic heterocycles. The lowest BCUT2D eigenvalue weighted by Crippen LogP contribution is -2.37. The lowest BCUT2D eigenvalue weighted by Gasteiger charge is -2.12. The second kappa shape index (κ2) is 6.48. The van der Waals surface area contributed by atoms with E-state index in [0.717, 1.165) is 21.5 Å². The zero-order valence-corrected chi connectivity index (χ0v) is 16.7. The van der Waals surface area contributed by atoms with E-state index in [4.69, 9.17) is 9.72 Å². The number of methoxy groups -OCH3 is 1. The zero-order valence-electron chi connectivity index (χ0n) is 16.7. The summed E-state index contributed by atoms with van der Waals surface area (Å²) >= 11 is 0. The molecule has 3 aromatic heterocycles. The maximum Gasteiger partial charge on any atom is 0.332 e. The van der Waals surface area contributed by atoms with Gasteiger partial charge >= 0.3 is 5.69 Å². The maximum absolute atomic E-state index is 12.9. The van der Waals surface area contributed by atoms with Crippen LogP contribution in [0.1, 0.15) is 0 Å². The largest absolute Gasteiger partial charge is 0.495 e. The second-order valence-corrected chi connectivity index (χ2v) is 7.05. The summed E-state index contributed by atoms with van der Waals surface area (Å²) in [5, 5.41) is 0. The van der Waals surface area contributed by atoms with E-state index in [0.29, 0.717) is 22.7 Å². The Morgan fingerprint density at radius 2 is 1.60 bits per heavy atom. The fourth-order valence-electron chi connectivity index (χ4n) is 3.84. The first-order valence-corrected chi connectivity index (χ1v) is 9.41. The average molecular weight is 401 g/mol. The summed E-state index contributed by atoms with van der Waals surface area (Å²) in [6.07, 6.45) is 1.87. The van der Waals surface area contributed by atoms with Gasteiger partial charge in [-0.25, -0.2) is 4.79 Å². The van der Waals surface area contributed by atoms with Crippen LogP contribution in [0.25, 0.3) is 33.9 Å². The SMILES string of the molecule is COc1ccccc1-n1c(-c2ccccc2)cn2c3c(=O)n(C)c(=O)n(C)c3nc12. The maximum atomic E-state index is 12.9. The van der Waals surface area contributed by atoms with Gasteiger partial charge in [0.05, 0.1) is 18.5 Å². The van der Waals surface area contributed by atoms with Crippen LogP contribution in [0.15, 0.2) is 70.4 Å². The highest BCUT2D eigenvalue weighted by Gasteiger charge is 2.22. The van der Waals surface area contributed by atoms with Crippen molar-refractivity contribution >= 4 is 16.9 Å². The minimum Gasteiger partial charge on any atom is -0.495 e. The third kappa shape index (κ3) is 2.37. The molecule has 0 saturated carbocycles. The number of fused-ring (bicyclic) bond motifs is 3. The first-order chi connectivity index (χ1) is 14.5. The molecule has 0 atom stereocenters. The van der Waals surface area contributed by atoms with Crippen LogP contribution < -0.4 is 16.0 Å². The Morgan fingerprint density at radius 3 is 2.33 bits per heavy atom. The van der Waals surface area contributed by atoms with Crippen LogP contribution in [0.2, 0.25) is 0 Å². The van der Waals surface area contributed by atoms with Crippen LogP contribution in [0.4, 0.5) is 0 Å². The molecule has 0 spiro atoms. The molecule has 3 heterocycles. The predicted molar refractivity (Wildman–Crippen MR) is 114 cm³/mol. The first kappa shape index (κ1) is 18.0. The van der Waals surface area contributed by atoms with E-state index in [2.05, 4.69) is 0 Å². The number of hydrogen-bond donors (Lipinski definition) is 0. The van der Waals surface area contributed by atoms with Gasteiger partial charge in [0, 0.05) is 25.9 Å². The summed E-state index contributed by atoms with van der Waals surface area (Å²) in [7, 11) is 4.70. The molecule has 0 bridgehead atoms. The normalized spacial score (nSPS) is 11.4. The highest BCUT2D eigenvalue weighted by Crippen LogP contribution is 2.32. The standard InChI is InChI=1S/C22H19N5O3/c1-24-19-18(20(28)25(2)22(24)29)26-13-16(14-9-5-4-6-10-14)27(21(26)23-19)15-11-7-8-12-17(15)30-3/h4-13H,1-3H3. The fourth-order valence-corrected chi connectivity index (χ4v) is 3.84. The van der Waals surface area contributed by atoms with Crippen molar-refractivity contribution in [3.05, 3.63) is 81.6 Å². The molecule has 5 rings (SSSR count). The van der Waals surface area contributed by atoms with Gasteiger partial charge in [-0.05, 0) is 12.1 Å². The molecule has 0 aliphatic carbocycles. The molecule has 0 aliphatic rings. The summed E-state index contributed by atoms with van der Waals surface area (Å²) in [6.45, 7) is 0. The Bertz CT molecular complexity index is 1540. The average Bonchev–Trinajstić information content (AvgIpc) is 3.33. The molecule has 0 saturated heterocycles. The summed E-state index contributed by atoms with van der Waals surface area (Å²) in [4.78, 5) is 30.0. The van der Waals surface area contributed by atoms with E-state index < -0.39 is 11.2 Å². The van der Waals surface area contributed by atoms with E-state index in [-0.39, 0.29) is 0 Å². The molecule has 0 amide bonds. The molecule has 0 radical (unpaired) electrons. The van der Waals surface area contributed by atoms with Crippen molar-refractivity contribution in [2.24, 2.45) is 14.1 Å². The number of para-hydroxylation sites is 2. The lowest BCUT2D eigenvalue weighted by atomic mass is 10.1. The van der Waals surface area contributed by atoms with Crippen molar-refractivity contribution in [2.75, 3.05) is 7.11 Å². The van der Waals surface area contributed by atoms with E-state index >= 15 is 0 Å². The molecular formula is C22H19N5O3. The summed E-state index contributed by atoms with van der Waals surface area (Å²) in [5.74, 6) is 1.19. The zero-order chi connectivity index (χ0) is 21.0. The van der Waals surface area contributed by atoms with E-state index in [9.17, 15) is 9.59 Å². The number of ether oxygens (including phenoxy) is 1. The Balaban J connectivity index is 2.00. The van der Waals surface area contributed by atoms with Gasteiger partial charge in [0.15, 0.2) is 11.2 Å². The number of hydrogen-bond acceptors (Lipinski definition) is 4. The van der Waals surface area contributed by atoms with Gasteiger partial charge < -0.3 is 4.74 Å². The van der Waals surface area contributed by atoms with Gasteiger partial charge in [-0.3, -0.25) is 22.9 Å². The van der Waals surface area contributed by atoms with Gasteiger partial charge in [-0.1, -0.05) is 42.5 Å². The minimum atomic E-state index is -0.416. The molecule has 0 N–H and O–H groups in total. The molecule has 5 aromatic rings. The number of imidazole rings is 2. The number of aromatic nitrogens is 5. The van der Waals surface area contributed by atoms with Crippen LogP contribution in [0, 0.1) is 0 Å². The van der Waals surface area contributed by atoms with Crippen LogP contribution in [0.3, 0.4) is 0 Å². The monoisotopic (exact) mass is 401 g/mol. The van der Waals surface area contributed by atoms with Gasteiger partial charge in [0.1, 0.15) is 5.75 Å². The van der Waals surface area contributed by atoms with Crippen molar-refractivity contribution < 1.29 is 4.74 Å². The molecule has 8 nitrogen and oxygen atoms in total. The molecule has 2 aromatic carbocycles. The number of rotatable bonds is 3. The smallest absolute Gasteiger partial charge is 0.332 e. The van der Waals surface area contributed by atoms with E-state index in [1.165, 1.54) is 11.6 Å². The number of benzene rings is 2. The van der Waals surface area contributed by atoms with E-state index in [1.54, 1.807) is 18.6 Å². The molecule has 0 unspecified atom stereocenters. The highest BCUT2D eigenvalue weighted by molar-refractivity contribution is 5.80. The van der Waals surface area contributed by atoms with Crippen molar-refractivity contribution in [2.45, 2.75) is 0 Å². The van der Waals surface area contributed by atoms with Gasteiger partial charge in [-0.2, -0.15) is 4.98 Å². The molecular weight excluding hydrogens is 382 g/mol. The fraction of sp³-hybridized carbons (Fsp3) is 0.136. The number of nitrogens with zero attached hydrogens (tertiary/aromatic N) is 5. The van der Waals surface area contributed by atoms with Crippen molar-refractivity contribution in [3.63, 3.8) is 0 Å². The lowest BCUT2D eigenvalue weighted by molar-refractivity contribution is 0.413. The summed E-state index contributed by atoms with van der Waals surface area (Å²) < 4.78 is 11.8. The van der Waals surface area contributed by atoms with Crippen molar-refractivity contribution in [1.82, 2.24) is 23.1 Å². The Morgan fingerprint density at radius 1 is 0.900 bits per heavy atom. The molecule has 30 heavy (non-hydrogen) atoms. The second-order valence-electron chi connectivity index (χ2n) is 7.05.